The van der Waals surface area contributed by atoms with E-state index in [1.54, 1.807) is 0 Å². The fourth-order valence-corrected chi connectivity index (χ4v) is 7.86. The Labute approximate surface area is 322 Å². The zero-order valence-electron chi connectivity index (χ0n) is 30.1. The van der Waals surface area contributed by atoms with Crippen LogP contribution in [0.2, 0.25) is 0 Å². The van der Waals surface area contributed by atoms with Crippen molar-refractivity contribution in [2.24, 2.45) is 0 Å². The van der Waals surface area contributed by atoms with E-state index in [1.807, 2.05) is 78.9 Å². The maximum atomic E-state index is 6.68. The van der Waals surface area contributed by atoms with Crippen LogP contribution in [0.15, 0.2) is 197 Å². The summed E-state index contributed by atoms with van der Waals surface area (Å²) >= 11 is 0. The molecule has 0 aliphatic carbocycles. The van der Waals surface area contributed by atoms with Crippen LogP contribution in [0.3, 0.4) is 0 Å². The third-order valence-corrected chi connectivity index (χ3v) is 10.5. The molecule has 0 unspecified atom stereocenters. The Bertz CT molecular complexity index is 3180. The van der Waals surface area contributed by atoms with Crippen LogP contribution in [0.5, 0.6) is 0 Å². The predicted molar refractivity (Wildman–Crippen MR) is 227 cm³/mol. The third-order valence-electron chi connectivity index (χ3n) is 10.5. The first-order valence-corrected chi connectivity index (χ1v) is 18.7. The van der Waals surface area contributed by atoms with Crippen molar-refractivity contribution in [2.75, 3.05) is 0 Å². The van der Waals surface area contributed by atoms with Gasteiger partial charge in [-0.25, -0.2) is 15.0 Å². The van der Waals surface area contributed by atoms with Gasteiger partial charge in [-0.15, -0.1) is 0 Å². The first-order chi connectivity index (χ1) is 27.7. The lowest BCUT2D eigenvalue weighted by atomic mass is 9.90. The molecule has 0 fully saturated rings. The van der Waals surface area contributed by atoms with Gasteiger partial charge in [0.05, 0.1) is 0 Å². The van der Waals surface area contributed by atoms with E-state index in [2.05, 4.69) is 109 Å². The summed E-state index contributed by atoms with van der Waals surface area (Å²) in [7, 11) is 0. The minimum atomic E-state index is 0.586. The molecular weight excluding hydrogens is 687 g/mol. The maximum absolute atomic E-state index is 6.68. The van der Waals surface area contributed by atoms with E-state index in [9.17, 15) is 0 Å². The largest absolute Gasteiger partial charge is 0.456 e. The van der Waals surface area contributed by atoms with Gasteiger partial charge in [0.1, 0.15) is 22.3 Å². The minimum absolute atomic E-state index is 0.586. The van der Waals surface area contributed by atoms with Crippen LogP contribution >= 0.6 is 0 Å². The molecule has 0 saturated heterocycles. The van der Waals surface area contributed by atoms with Gasteiger partial charge in [-0.3, -0.25) is 0 Å². The molecule has 11 rings (SSSR count). The number of hydrogen-bond donors (Lipinski definition) is 0. The Morgan fingerprint density at radius 3 is 1.38 bits per heavy atom. The molecule has 3 aromatic heterocycles. The molecule has 0 bridgehead atoms. The number of hydrogen-bond acceptors (Lipinski definition) is 5. The van der Waals surface area contributed by atoms with Crippen molar-refractivity contribution in [1.82, 2.24) is 15.0 Å². The third kappa shape index (κ3) is 5.45. The first-order valence-electron chi connectivity index (χ1n) is 18.7. The highest BCUT2D eigenvalue weighted by atomic mass is 16.3. The molecule has 0 saturated carbocycles. The summed E-state index contributed by atoms with van der Waals surface area (Å²) in [6, 6.07) is 64.6. The molecule has 11 aromatic rings. The lowest BCUT2D eigenvalue weighted by Crippen LogP contribution is -2.00. The zero-order valence-corrected chi connectivity index (χ0v) is 30.1. The van der Waals surface area contributed by atoms with Crippen molar-refractivity contribution in [3.05, 3.63) is 188 Å². The van der Waals surface area contributed by atoms with Gasteiger partial charge in [-0.2, -0.15) is 0 Å². The molecule has 5 nitrogen and oxygen atoms in total. The van der Waals surface area contributed by atoms with E-state index in [-0.39, 0.29) is 0 Å². The Hall–Kier alpha value is -7.63. The van der Waals surface area contributed by atoms with Gasteiger partial charge in [0.25, 0.3) is 0 Å². The van der Waals surface area contributed by atoms with E-state index < -0.39 is 0 Å². The van der Waals surface area contributed by atoms with Gasteiger partial charge >= 0.3 is 0 Å². The Morgan fingerprint density at radius 1 is 0.268 bits per heavy atom. The fourth-order valence-electron chi connectivity index (χ4n) is 7.86. The number of benzene rings is 8. The lowest BCUT2D eigenvalue weighted by Gasteiger charge is -2.13. The second-order valence-electron chi connectivity index (χ2n) is 14.0. The maximum Gasteiger partial charge on any atom is 0.164 e. The number of fused-ring (bicyclic) bond motifs is 6. The molecule has 0 atom stereocenters. The Balaban J connectivity index is 1.06. The monoisotopic (exact) mass is 717 g/mol. The molecule has 56 heavy (non-hydrogen) atoms. The van der Waals surface area contributed by atoms with E-state index in [1.165, 1.54) is 11.1 Å². The highest BCUT2D eigenvalue weighted by molar-refractivity contribution is 6.15. The summed E-state index contributed by atoms with van der Waals surface area (Å²) in [5.74, 6) is 1.83. The van der Waals surface area contributed by atoms with E-state index in [4.69, 9.17) is 23.8 Å². The molecule has 0 amide bonds. The molecule has 0 N–H and O–H groups in total. The van der Waals surface area contributed by atoms with Crippen LogP contribution in [-0.2, 0) is 0 Å². The quantitative estimate of drug-likeness (QED) is 0.171. The number of rotatable bonds is 6. The van der Waals surface area contributed by atoms with Gasteiger partial charge in [0, 0.05) is 38.2 Å². The molecule has 262 valence electrons. The van der Waals surface area contributed by atoms with Crippen LogP contribution in [0.4, 0.5) is 0 Å². The number of furan rings is 2. The smallest absolute Gasteiger partial charge is 0.164 e. The summed E-state index contributed by atoms with van der Waals surface area (Å²) in [5.41, 5.74) is 12.7. The number of aromatic nitrogens is 3. The summed E-state index contributed by atoms with van der Waals surface area (Å²) in [4.78, 5) is 14.8. The van der Waals surface area contributed by atoms with Crippen LogP contribution in [0.25, 0.3) is 111 Å². The molecule has 3 heterocycles. The SMILES string of the molecule is c1ccc(-c2nc(-c3ccccc3)nc(-c3ccc4c(c3)oc3cc(-c5cc(-c6ccccc6-c6ccccc6)cc6oc7ccccc7c56)ccc34)n2)cc1. The van der Waals surface area contributed by atoms with Crippen molar-refractivity contribution in [3.63, 3.8) is 0 Å². The molecule has 5 heteroatoms. The van der Waals surface area contributed by atoms with Crippen molar-refractivity contribution < 1.29 is 8.83 Å². The summed E-state index contributed by atoms with van der Waals surface area (Å²) in [5, 5.41) is 4.23. The first kappa shape index (κ1) is 31.9. The Morgan fingerprint density at radius 2 is 0.732 bits per heavy atom. The lowest BCUT2D eigenvalue weighted by molar-refractivity contribution is 0.668. The van der Waals surface area contributed by atoms with Gasteiger partial charge in [0.2, 0.25) is 0 Å². The second-order valence-corrected chi connectivity index (χ2v) is 14.0. The van der Waals surface area contributed by atoms with Crippen LogP contribution in [-0.4, -0.2) is 15.0 Å². The Kier molecular flexibility index (Phi) is 7.42. The van der Waals surface area contributed by atoms with Gasteiger partial charge in [-0.1, -0.05) is 146 Å². The summed E-state index contributed by atoms with van der Waals surface area (Å²) in [6.45, 7) is 0. The molecular formula is C51H31N3O2. The minimum Gasteiger partial charge on any atom is -0.456 e. The fraction of sp³-hybridized carbons (Fsp3) is 0. The van der Waals surface area contributed by atoms with Crippen LogP contribution in [0, 0.1) is 0 Å². The normalized spacial score (nSPS) is 11.6. The topological polar surface area (TPSA) is 65.0 Å². The standard InChI is InChI=1S/C51H31N3O2/c1-4-14-32(15-5-1)38-20-10-11-21-39(38)37-28-43(48-42-22-12-13-23-44(42)55-47(48)31-37)35-24-26-40-41-27-25-36(30-46(41)56-45(40)29-35)51-53-49(33-16-6-2-7-17-33)52-50(54-51)34-18-8-3-9-19-34/h1-31H. The van der Waals surface area contributed by atoms with Crippen molar-refractivity contribution in [3.8, 4) is 67.5 Å². The predicted octanol–water partition coefficient (Wildman–Crippen LogP) is 13.7. The second kappa shape index (κ2) is 13.0. The van der Waals surface area contributed by atoms with Gasteiger partial charge in [-0.05, 0) is 75.8 Å². The van der Waals surface area contributed by atoms with Crippen molar-refractivity contribution in [2.45, 2.75) is 0 Å². The van der Waals surface area contributed by atoms with Gasteiger partial charge in [0.15, 0.2) is 17.5 Å². The highest BCUT2D eigenvalue weighted by Crippen LogP contribution is 2.43. The van der Waals surface area contributed by atoms with Crippen LogP contribution in [0.1, 0.15) is 0 Å². The van der Waals surface area contributed by atoms with Crippen LogP contribution < -0.4 is 0 Å². The molecule has 0 spiro atoms. The molecule has 0 aliphatic rings. The molecule has 8 aromatic carbocycles. The highest BCUT2D eigenvalue weighted by Gasteiger charge is 2.19. The number of nitrogens with zero attached hydrogens (tertiary/aromatic N) is 3. The van der Waals surface area contributed by atoms with E-state index >= 15 is 0 Å². The van der Waals surface area contributed by atoms with Crippen molar-refractivity contribution in [1.29, 1.82) is 0 Å². The molecule has 0 aliphatic heterocycles. The van der Waals surface area contributed by atoms with E-state index in [0.29, 0.717) is 17.5 Å². The number of para-hydroxylation sites is 1. The average molecular weight is 718 g/mol. The van der Waals surface area contributed by atoms with E-state index in [0.717, 1.165) is 82.8 Å². The summed E-state index contributed by atoms with van der Waals surface area (Å²) in [6.07, 6.45) is 0. The average Bonchev–Trinajstić information content (AvgIpc) is 3.84. The summed E-state index contributed by atoms with van der Waals surface area (Å²) < 4.78 is 13.2. The van der Waals surface area contributed by atoms with Gasteiger partial charge < -0.3 is 8.83 Å². The van der Waals surface area contributed by atoms with Crippen molar-refractivity contribution >= 4 is 43.9 Å². The zero-order chi connectivity index (χ0) is 37.0. The molecule has 0 radical (unpaired) electrons.